The fourth-order valence-electron chi connectivity index (χ4n) is 7.56. The zero-order valence-electron chi connectivity index (χ0n) is 54.9. The Morgan fingerprint density at radius 2 is 0.935 bits per heavy atom. The third-order valence-electron chi connectivity index (χ3n) is 11.5. The zero-order chi connectivity index (χ0) is 58.3. The molecule has 0 spiro atoms. The third-order valence-corrected chi connectivity index (χ3v) is 12.5. The molecule has 0 aliphatic carbocycles. The minimum absolute atomic E-state index is 0.0104. The first-order chi connectivity index (χ1) is 34.8. The van der Waals surface area contributed by atoms with Crippen molar-refractivity contribution in [3.8, 4) is 10.6 Å². The summed E-state index contributed by atoms with van der Waals surface area (Å²) in [6, 6.07) is -2.30. The van der Waals surface area contributed by atoms with E-state index in [1.54, 1.807) is 31.7 Å². The van der Waals surface area contributed by atoms with E-state index in [2.05, 4.69) is 0 Å². The van der Waals surface area contributed by atoms with Gasteiger partial charge in [-0.05, 0) is 119 Å². The number of thiazole rings is 1. The van der Waals surface area contributed by atoms with Gasteiger partial charge in [0.1, 0.15) is 10.0 Å². The summed E-state index contributed by atoms with van der Waals surface area (Å²) in [4.78, 5) is 8.40. The van der Waals surface area contributed by atoms with Crippen LogP contribution < -0.4 is 26.3 Å². The Bertz CT molecular complexity index is 3460. The average Bonchev–Trinajstić information content (AvgIpc) is 3.67. The Kier molecular flexibility index (Phi) is 6.75. The molecule has 2 aliphatic rings. The van der Waals surface area contributed by atoms with E-state index >= 15 is 0 Å². The van der Waals surface area contributed by atoms with Crippen LogP contribution in [0.5, 0.6) is 0 Å². The van der Waals surface area contributed by atoms with Crippen molar-refractivity contribution in [2.45, 2.75) is 157 Å². The maximum absolute atomic E-state index is 10.5. The summed E-state index contributed by atoms with van der Waals surface area (Å²) in [7, 11) is 0. The predicted octanol–water partition coefficient (Wildman–Crippen LogP) is 14.7. The van der Waals surface area contributed by atoms with Crippen LogP contribution >= 0.6 is 11.3 Å². The minimum atomic E-state index is -1.23. The zero-order valence-corrected chi connectivity index (χ0v) is 40.7. The van der Waals surface area contributed by atoms with Crippen LogP contribution in [0.2, 0.25) is 0 Å². The van der Waals surface area contributed by atoms with Crippen molar-refractivity contribution in [2.24, 2.45) is 0 Å². The molecule has 0 unspecified atom stereocenters. The molecule has 0 saturated heterocycles. The molecule has 0 atom stereocenters. The molecule has 3 nitrogen and oxygen atoms in total. The minimum Gasteiger partial charge on any atom is -0.311 e. The summed E-state index contributed by atoms with van der Waals surface area (Å²) in [5, 5.41) is 0.317. The first kappa shape index (κ1) is 29.0. The molecule has 0 saturated carbocycles. The van der Waals surface area contributed by atoms with Crippen molar-refractivity contribution in [3.05, 3.63) is 130 Å². The van der Waals surface area contributed by atoms with Gasteiger partial charge < -0.3 is 9.80 Å². The summed E-state index contributed by atoms with van der Waals surface area (Å²) in [6.07, 6.45) is 0. The lowest BCUT2D eigenvalue weighted by atomic mass is 9.35. The standard InChI is InChI=1S/C57H70BN3S/c1-52(2,3)36-21-19-35(20-22-36)50-59-49-51(62-50)61(43-30-39(55(10,11)12)29-40(31-43)56(13,14)15)47-34-41(57(16,17)18)33-46-48(47)58(49)44-32-38(54(7,8)9)25-28-45(44)60(46)42-26-23-37(24-27-42)53(4,5)6/h19-34H,1-18H3/i19D,20D,21D,22D,23D,24D,25D,26D,27D,28D,29D,30D,31D,32D,33D. The Balaban J connectivity index is 1.73. The highest BCUT2D eigenvalue weighted by Gasteiger charge is 2.47. The summed E-state index contributed by atoms with van der Waals surface area (Å²) < 4.78 is 147. The second kappa shape index (κ2) is 14.5. The molecule has 6 aromatic rings. The molecule has 0 amide bonds. The fraction of sp³-hybridized carbons (Fsp3) is 0.421. The fourth-order valence-corrected chi connectivity index (χ4v) is 8.64. The van der Waals surface area contributed by atoms with Gasteiger partial charge in [-0.2, -0.15) is 0 Å². The average molecular weight is 855 g/mol. The highest BCUT2D eigenvalue weighted by molar-refractivity contribution is 7.22. The smallest absolute Gasteiger partial charge is 0.276 e. The molecular weight excluding hydrogens is 770 g/mol. The van der Waals surface area contributed by atoms with E-state index in [0.29, 0.717) is 22.4 Å². The number of nitrogens with zero attached hydrogens (tertiary/aromatic N) is 3. The molecule has 0 N–H and O–H groups in total. The number of hydrogen-bond acceptors (Lipinski definition) is 4. The molecule has 1 aromatic heterocycles. The van der Waals surface area contributed by atoms with E-state index < -0.39 is 57.3 Å². The molecule has 3 heterocycles. The van der Waals surface area contributed by atoms with Crippen LogP contribution in [0.25, 0.3) is 10.6 Å². The lowest BCUT2D eigenvalue weighted by Crippen LogP contribution is -2.62. The van der Waals surface area contributed by atoms with Gasteiger partial charge in [-0.25, -0.2) is 4.98 Å². The van der Waals surface area contributed by atoms with Crippen molar-refractivity contribution >= 4 is 68.0 Å². The van der Waals surface area contributed by atoms with E-state index in [-0.39, 0.29) is 144 Å². The van der Waals surface area contributed by atoms with Crippen LogP contribution in [0.15, 0.2) is 96.7 Å². The summed E-state index contributed by atoms with van der Waals surface area (Å²) in [6.45, 7) is 32.2. The van der Waals surface area contributed by atoms with Gasteiger partial charge in [-0.1, -0.05) is 190 Å². The van der Waals surface area contributed by atoms with Crippen LogP contribution in [0.1, 0.15) is 179 Å². The number of fused-ring (bicyclic) bond motifs is 4. The van der Waals surface area contributed by atoms with E-state index in [9.17, 15) is 20.6 Å². The first-order valence-electron chi connectivity index (χ1n) is 29.1. The summed E-state index contributed by atoms with van der Waals surface area (Å²) >= 11 is 1.02. The summed E-state index contributed by atoms with van der Waals surface area (Å²) in [5.74, 6) is 0. The van der Waals surface area contributed by atoms with Crippen LogP contribution in [-0.4, -0.2) is 11.7 Å². The second-order valence-corrected chi connectivity index (χ2v) is 24.1. The topological polar surface area (TPSA) is 19.4 Å². The van der Waals surface area contributed by atoms with Gasteiger partial charge >= 0.3 is 0 Å². The Labute approximate surface area is 400 Å². The second-order valence-electron chi connectivity index (χ2n) is 23.1. The predicted molar refractivity (Wildman–Crippen MR) is 274 cm³/mol. The number of rotatable bonds is 3. The third kappa shape index (κ3) is 7.86. The molecule has 62 heavy (non-hydrogen) atoms. The lowest BCUT2D eigenvalue weighted by Gasteiger charge is -2.44. The van der Waals surface area contributed by atoms with Crippen molar-refractivity contribution in [2.75, 3.05) is 9.80 Å². The molecule has 322 valence electrons. The van der Waals surface area contributed by atoms with Gasteiger partial charge in [0.05, 0.1) is 26.2 Å². The van der Waals surface area contributed by atoms with Gasteiger partial charge in [-0.3, -0.25) is 0 Å². The van der Waals surface area contributed by atoms with Crippen molar-refractivity contribution in [1.29, 1.82) is 0 Å². The monoisotopic (exact) mass is 855 g/mol. The van der Waals surface area contributed by atoms with Gasteiger partial charge in [0.2, 0.25) is 0 Å². The SMILES string of the molecule is [2H]c1c([2H])c(C(C)(C)C)c([2H])c([2H])c1-c1nc2c(s1)N(c1c([2H])c(C(C)(C)C)c([2H])c(C(C)(C)C)c1[2H])c1cc(C(C)(C)C)c([2H])c3c1B2c1c([2H])c(C(C)(C)C)c([2H])c([2H])c1N3c1c([2H])c([2H])c(C(C)(C)C)c([2H])c1[2H]. The van der Waals surface area contributed by atoms with Gasteiger partial charge in [0, 0.05) is 34.0 Å². The molecule has 0 radical (unpaired) electrons. The molecule has 2 aliphatic heterocycles. The molecule has 5 heteroatoms. The van der Waals surface area contributed by atoms with Crippen LogP contribution in [0.4, 0.5) is 33.4 Å². The van der Waals surface area contributed by atoms with Crippen molar-refractivity contribution in [3.63, 3.8) is 0 Å². The maximum atomic E-state index is 10.5. The number of hydrogen-bond donors (Lipinski definition) is 0. The van der Waals surface area contributed by atoms with E-state index in [1.807, 2.05) is 104 Å². The Morgan fingerprint density at radius 1 is 0.452 bits per heavy atom. The largest absolute Gasteiger partial charge is 0.311 e. The molecule has 8 rings (SSSR count). The Morgan fingerprint density at radius 3 is 1.44 bits per heavy atom. The normalized spacial score (nSPS) is 17.9. The molecule has 5 aromatic carbocycles. The first-order valence-corrected chi connectivity index (χ1v) is 22.5. The van der Waals surface area contributed by atoms with Gasteiger partial charge in [-0.15, -0.1) is 0 Å². The van der Waals surface area contributed by atoms with Crippen LogP contribution in [0, 0.1) is 0 Å². The van der Waals surface area contributed by atoms with Crippen molar-refractivity contribution in [1.82, 2.24) is 4.98 Å². The number of benzene rings is 5. The van der Waals surface area contributed by atoms with Gasteiger partial charge in [0.25, 0.3) is 6.71 Å². The van der Waals surface area contributed by atoms with E-state index in [0.717, 1.165) is 11.3 Å². The van der Waals surface area contributed by atoms with E-state index in [1.165, 1.54) is 4.90 Å². The quantitative estimate of drug-likeness (QED) is 0.165. The van der Waals surface area contributed by atoms with E-state index in [4.69, 9.17) is 4.98 Å². The summed E-state index contributed by atoms with van der Waals surface area (Å²) in [5.41, 5.74) is -3.09. The van der Waals surface area contributed by atoms with Gasteiger partial charge in [0.15, 0.2) is 0 Å². The van der Waals surface area contributed by atoms with Crippen molar-refractivity contribution < 1.29 is 20.6 Å². The highest BCUT2D eigenvalue weighted by Crippen LogP contribution is 2.50. The molecule has 0 fully saturated rings. The molecular formula is C57H70BN3S. The Hall–Kier alpha value is -4.61. The molecule has 0 bridgehead atoms. The highest BCUT2D eigenvalue weighted by atomic mass is 32.1. The number of aromatic nitrogens is 1. The van der Waals surface area contributed by atoms with Crippen LogP contribution in [0.3, 0.4) is 0 Å². The number of anilines is 6. The lowest BCUT2D eigenvalue weighted by molar-refractivity contribution is 0.569. The van der Waals surface area contributed by atoms with Crippen LogP contribution in [-0.2, 0) is 32.5 Å². The maximum Gasteiger partial charge on any atom is 0.276 e.